The number of aromatic nitrogens is 3. The summed E-state index contributed by atoms with van der Waals surface area (Å²) in [6.07, 6.45) is 2.06. The molecule has 0 saturated carbocycles. The number of nitrogen functional groups attached to an aromatic ring is 1. The van der Waals surface area contributed by atoms with Gasteiger partial charge in [-0.2, -0.15) is 26.7 Å². The molecule has 0 aliphatic rings. The molecular weight excluding hydrogens is 238 g/mol. The minimum Gasteiger partial charge on any atom is -0.464 e. The highest BCUT2D eigenvalue weighted by Gasteiger charge is 2.16. The molecule has 0 fully saturated rings. The Labute approximate surface area is 106 Å². The zero-order valence-electron chi connectivity index (χ0n) is 10.6. The molecule has 0 amide bonds. The highest BCUT2D eigenvalue weighted by molar-refractivity contribution is 7.99. The number of anilines is 2. The largest absolute Gasteiger partial charge is 0.464 e. The summed E-state index contributed by atoms with van der Waals surface area (Å²) in [5.41, 5.74) is 5.57. The first kappa shape index (κ1) is 13.8. The average Bonchev–Trinajstić information content (AvgIpc) is 2.26. The Bertz CT molecular complexity index is 372. The summed E-state index contributed by atoms with van der Waals surface area (Å²) in [7, 11) is 0. The molecule has 0 aliphatic carbocycles. The van der Waals surface area contributed by atoms with Gasteiger partial charge < -0.3 is 15.8 Å². The molecule has 17 heavy (non-hydrogen) atoms. The fourth-order valence-electron chi connectivity index (χ4n) is 1.01. The maximum absolute atomic E-state index is 5.57. The molecule has 0 atom stereocenters. The molecule has 7 heteroatoms. The number of ether oxygens (including phenoxy) is 1. The van der Waals surface area contributed by atoms with Crippen LogP contribution in [0.2, 0.25) is 0 Å². The molecular formula is C10H19N5OS. The normalized spacial score (nSPS) is 11.3. The van der Waals surface area contributed by atoms with Crippen molar-refractivity contribution >= 4 is 23.7 Å². The molecule has 1 heterocycles. The van der Waals surface area contributed by atoms with Crippen LogP contribution in [0.3, 0.4) is 0 Å². The molecule has 0 radical (unpaired) electrons. The zero-order chi connectivity index (χ0) is 12.9. The van der Waals surface area contributed by atoms with Gasteiger partial charge in [-0.1, -0.05) is 0 Å². The van der Waals surface area contributed by atoms with Crippen LogP contribution in [0.5, 0.6) is 6.01 Å². The van der Waals surface area contributed by atoms with E-state index in [0.29, 0.717) is 12.6 Å². The average molecular weight is 257 g/mol. The third-order valence-electron chi connectivity index (χ3n) is 2.13. The van der Waals surface area contributed by atoms with Gasteiger partial charge in [0, 0.05) is 11.3 Å². The summed E-state index contributed by atoms with van der Waals surface area (Å²) in [6.45, 7) is 7.38. The molecule has 0 bridgehead atoms. The lowest BCUT2D eigenvalue weighted by Crippen LogP contribution is -2.26. The molecule has 6 nitrogen and oxygen atoms in total. The summed E-state index contributed by atoms with van der Waals surface area (Å²) < 4.78 is 5.30. The second-order valence-electron chi connectivity index (χ2n) is 4.05. The van der Waals surface area contributed by atoms with Crippen molar-refractivity contribution in [3.63, 3.8) is 0 Å². The van der Waals surface area contributed by atoms with E-state index in [1.54, 1.807) is 11.8 Å². The Morgan fingerprint density at radius 1 is 1.35 bits per heavy atom. The van der Waals surface area contributed by atoms with Crippen LogP contribution in [0, 0.1) is 0 Å². The lowest BCUT2D eigenvalue weighted by molar-refractivity contribution is 0.312. The minimum atomic E-state index is 0.104. The number of nitrogens with two attached hydrogens (primary N) is 1. The number of hydrogen-bond acceptors (Lipinski definition) is 7. The fraction of sp³-hybridized carbons (Fsp3) is 0.700. The van der Waals surface area contributed by atoms with Crippen LogP contribution in [0.4, 0.5) is 11.9 Å². The second-order valence-corrected chi connectivity index (χ2v) is 5.56. The second kappa shape index (κ2) is 5.90. The van der Waals surface area contributed by atoms with Gasteiger partial charge in [-0.05, 0) is 27.0 Å². The molecule has 0 aromatic carbocycles. The van der Waals surface area contributed by atoms with Crippen molar-refractivity contribution in [3.8, 4) is 6.01 Å². The Balaban J connectivity index is 2.70. The van der Waals surface area contributed by atoms with Crippen LogP contribution in [0.15, 0.2) is 0 Å². The molecule has 0 saturated heterocycles. The van der Waals surface area contributed by atoms with E-state index in [2.05, 4.69) is 40.4 Å². The van der Waals surface area contributed by atoms with Crippen molar-refractivity contribution < 1.29 is 4.74 Å². The molecule has 1 rings (SSSR count). The van der Waals surface area contributed by atoms with Crippen LogP contribution in [0.25, 0.3) is 0 Å². The van der Waals surface area contributed by atoms with Crippen molar-refractivity contribution in [2.45, 2.75) is 25.5 Å². The molecule has 0 spiro atoms. The molecule has 96 valence electrons. The van der Waals surface area contributed by atoms with Crippen molar-refractivity contribution in [2.75, 3.05) is 30.5 Å². The van der Waals surface area contributed by atoms with Gasteiger partial charge in [0.2, 0.25) is 11.9 Å². The van der Waals surface area contributed by atoms with E-state index >= 15 is 0 Å². The Morgan fingerprint density at radius 3 is 2.65 bits per heavy atom. The number of nitrogens with one attached hydrogen (secondary N) is 1. The van der Waals surface area contributed by atoms with E-state index in [9.17, 15) is 0 Å². The lowest BCUT2D eigenvalue weighted by atomic mass is 10.2. The maximum atomic E-state index is 5.57. The van der Waals surface area contributed by atoms with Gasteiger partial charge in [-0.15, -0.1) is 0 Å². The van der Waals surface area contributed by atoms with Gasteiger partial charge >= 0.3 is 6.01 Å². The number of rotatable bonds is 6. The monoisotopic (exact) mass is 257 g/mol. The van der Waals surface area contributed by atoms with Crippen LogP contribution < -0.4 is 15.8 Å². The Morgan fingerprint density at radius 2 is 2.06 bits per heavy atom. The number of hydrogen-bond donors (Lipinski definition) is 2. The summed E-state index contributed by atoms with van der Waals surface area (Å²) in [4.78, 5) is 12.0. The predicted molar refractivity (Wildman–Crippen MR) is 71.5 cm³/mol. The standard InChI is InChI=1S/C10H19N5OS/c1-5-16-9-14-7(11)13-8(15-9)12-6-10(2,3)17-4/h5-6H2,1-4H3,(H3,11,12,13,14,15). The van der Waals surface area contributed by atoms with Crippen LogP contribution >= 0.6 is 11.8 Å². The molecule has 3 N–H and O–H groups in total. The third-order valence-corrected chi connectivity index (χ3v) is 3.38. The smallest absolute Gasteiger partial charge is 0.323 e. The quantitative estimate of drug-likeness (QED) is 0.796. The Hall–Kier alpha value is -1.24. The van der Waals surface area contributed by atoms with Gasteiger partial charge in [0.15, 0.2) is 0 Å². The molecule has 0 aliphatic heterocycles. The first-order chi connectivity index (χ1) is 7.96. The van der Waals surface area contributed by atoms with Gasteiger partial charge in [0.05, 0.1) is 6.61 Å². The summed E-state index contributed by atoms with van der Waals surface area (Å²) in [5, 5.41) is 3.13. The van der Waals surface area contributed by atoms with Crippen molar-refractivity contribution in [1.82, 2.24) is 15.0 Å². The summed E-state index contributed by atoms with van der Waals surface area (Å²) in [6, 6.07) is 0.254. The van der Waals surface area contributed by atoms with E-state index in [4.69, 9.17) is 10.5 Å². The van der Waals surface area contributed by atoms with Crippen molar-refractivity contribution in [2.24, 2.45) is 0 Å². The number of thioether (sulfide) groups is 1. The van der Waals surface area contributed by atoms with E-state index in [1.807, 2.05) is 6.92 Å². The molecule has 1 aromatic rings. The highest BCUT2D eigenvalue weighted by atomic mass is 32.2. The topological polar surface area (TPSA) is 86.0 Å². The van der Waals surface area contributed by atoms with Crippen molar-refractivity contribution in [3.05, 3.63) is 0 Å². The van der Waals surface area contributed by atoms with E-state index in [-0.39, 0.29) is 16.7 Å². The van der Waals surface area contributed by atoms with Crippen LogP contribution in [0.1, 0.15) is 20.8 Å². The highest BCUT2D eigenvalue weighted by Crippen LogP contribution is 2.21. The van der Waals surface area contributed by atoms with E-state index in [0.717, 1.165) is 6.54 Å². The predicted octanol–water partition coefficient (Wildman–Crippen LogP) is 1.41. The third kappa shape index (κ3) is 4.64. The van der Waals surface area contributed by atoms with Gasteiger partial charge in [-0.25, -0.2) is 0 Å². The molecule has 0 unspecified atom stereocenters. The van der Waals surface area contributed by atoms with Gasteiger partial charge in [0.1, 0.15) is 0 Å². The lowest BCUT2D eigenvalue weighted by Gasteiger charge is -2.22. The zero-order valence-corrected chi connectivity index (χ0v) is 11.5. The van der Waals surface area contributed by atoms with Gasteiger partial charge in [-0.3, -0.25) is 0 Å². The van der Waals surface area contributed by atoms with Gasteiger partial charge in [0.25, 0.3) is 0 Å². The molecule has 1 aromatic heterocycles. The SMILES string of the molecule is CCOc1nc(N)nc(NCC(C)(C)SC)n1. The van der Waals surface area contributed by atoms with E-state index in [1.165, 1.54) is 0 Å². The maximum Gasteiger partial charge on any atom is 0.323 e. The Kier molecular flexibility index (Phi) is 4.80. The van der Waals surface area contributed by atoms with Crippen LogP contribution in [-0.2, 0) is 0 Å². The fourth-order valence-corrected chi connectivity index (χ4v) is 1.23. The summed E-state index contributed by atoms with van der Waals surface area (Å²) in [5.74, 6) is 0.607. The summed E-state index contributed by atoms with van der Waals surface area (Å²) >= 11 is 1.77. The van der Waals surface area contributed by atoms with E-state index < -0.39 is 0 Å². The minimum absolute atomic E-state index is 0.104. The number of nitrogens with zero attached hydrogens (tertiary/aromatic N) is 3. The van der Waals surface area contributed by atoms with Crippen LogP contribution in [-0.4, -0.2) is 39.1 Å². The first-order valence-electron chi connectivity index (χ1n) is 5.40. The first-order valence-corrected chi connectivity index (χ1v) is 6.62. The van der Waals surface area contributed by atoms with Crippen molar-refractivity contribution in [1.29, 1.82) is 0 Å².